The van der Waals surface area contributed by atoms with Gasteiger partial charge in [-0.2, -0.15) is 0 Å². The van der Waals surface area contributed by atoms with E-state index in [0.717, 1.165) is 6.42 Å². The molecule has 0 fully saturated rings. The predicted octanol–water partition coefficient (Wildman–Crippen LogP) is 1.17. The second-order valence-electron chi connectivity index (χ2n) is 3.38. The molecule has 6 nitrogen and oxygen atoms in total. The van der Waals surface area contributed by atoms with Gasteiger partial charge in [0.2, 0.25) is 0 Å². The summed E-state index contributed by atoms with van der Waals surface area (Å²) in [6.07, 6.45) is 0.935. The van der Waals surface area contributed by atoms with Gasteiger partial charge in [0.1, 0.15) is 0 Å². The summed E-state index contributed by atoms with van der Waals surface area (Å²) >= 11 is 0. The summed E-state index contributed by atoms with van der Waals surface area (Å²) in [4.78, 5) is 32.3. The van der Waals surface area contributed by atoms with E-state index in [1.165, 1.54) is 32.0 Å². The van der Waals surface area contributed by atoms with Crippen molar-refractivity contribution in [2.24, 2.45) is 0 Å². The highest BCUT2D eigenvalue weighted by Gasteiger charge is 2.12. The fourth-order valence-corrected chi connectivity index (χ4v) is 1.23. The highest BCUT2D eigenvalue weighted by molar-refractivity contribution is 5.82. The Labute approximate surface area is 103 Å². The van der Waals surface area contributed by atoms with E-state index in [0.29, 0.717) is 5.56 Å². The van der Waals surface area contributed by atoms with Gasteiger partial charge in [0.15, 0.2) is 11.5 Å². The first-order valence-electron chi connectivity index (χ1n) is 4.97. The van der Waals surface area contributed by atoms with Crippen molar-refractivity contribution in [1.29, 1.82) is 0 Å². The third-order valence-corrected chi connectivity index (χ3v) is 1.77. The maximum Gasteiger partial charge on any atom is 0.312 e. The van der Waals surface area contributed by atoms with E-state index in [2.05, 4.69) is 0 Å². The molecule has 0 saturated heterocycles. The zero-order valence-corrected chi connectivity index (χ0v) is 9.80. The molecule has 0 amide bonds. The second-order valence-corrected chi connectivity index (χ2v) is 3.38. The lowest BCUT2D eigenvalue weighted by Crippen LogP contribution is -2.08. The maximum atomic E-state index is 10.9. The highest BCUT2D eigenvalue weighted by Crippen LogP contribution is 2.29. The van der Waals surface area contributed by atoms with Crippen molar-refractivity contribution in [3.05, 3.63) is 30.2 Å². The third-order valence-electron chi connectivity index (χ3n) is 1.77. The Morgan fingerprint density at radius 1 is 1.06 bits per heavy atom. The number of carbonyl (C=O) groups is 3. The van der Waals surface area contributed by atoms with Gasteiger partial charge in [0, 0.05) is 13.8 Å². The molecule has 0 unspecified atom stereocenters. The van der Waals surface area contributed by atoms with Crippen molar-refractivity contribution in [1.82, 2.24) is 0 Å². The summed E-state index contributed by atoms with van der Waals surface area (Å²) in [5.41, 5.74) is 0.314. The molecular formula is C12H11O6. The Morgan fingerprint density at radius 3 is 2.11 bits per heavy atom. The molecule has 18 heavy (non-hydrogen) atoms. The van der Waals surface area contributed by atoms with Crippen molar-refractivity contribution in [2.75, 3.05) is 0 Å². The quantitative estimate of drug-likeness (QED) is 0.638. The highest BCUT2D eigenvalue weighted by atomic mass is 16.6. The van der Waals surface area contributed by atoms with Crippen molar-refractivity contribution < 1.29 is 29.0 Å². The maximum absolute atomic E-state index is 10.9. The zero-order chi connectivity index (χ0) is 13.7. The average Bonchev–Trinajstić information content (AvgIpc) is 2.19. The summed E-state index contributed by atoms with van der Waals surface area (Å²) in [5.74, 6) is -2.26. The predicted molar refractivity (Wildman–Crippen MR) is 60.1 cm³/mol. The molecule has 0 saturated carbocycles. The number of benzene rings is 1. The molecule has 0 aliphatic rings. The minimum atomic E-state index is -1.14. The van der Waals surface area contributed by atoms with E-state index in [4.69, 9.17) is 14.6 Å². The number of hydrogen-bond acceptors (Lipinski definition) is 5. The van der Waals surface area contributed by atoms with Gasteiger partial charge in [-0.25, -0.2) is 0 Å². The summed E-state index contributed by atoms with van der Waals surface area (Å²) in [6, 6.07) is 4.08. The van der Waals surface area contributed by atoms with Crippen LogP contribution in [-0.2, 0) is 14.4 Å². The van der Waals surface area contributed by atoms with E-state index in [1.807, 2.05) is 0 Å². The Kier molecular flexibility index (Phi) is 4.42. The number of hydrogen-bond donors (Lipinski definition) is 1. The van der Waals surface area contributed by atoms with Gasteiger partial charge in [-0.15, -0.1) is 0 Å². The Balaban J connectivity index is 3.06. The average molecular weight is 251 g/mol. The monoisotopic (exact) mass is 251 g/mol. The van der Waals surface area contributed by atoms with E-state index in [-0.39, 0.29) is 11.5 Å². The van der Waals surface area contributed by atoms with Crippen LogP contribution in [0.2, 0.25) is 0 Å². The molecule has 0 aliphatic heterocycles. The normalized spacial score (nSPS) is 9.67. The van der Waals surface area contributed by atoms with Gasteiger partial charge in [-0.05, 0) is 17.7 Å². The Hall–Kier alpha value is -2.37. The molecule has 6 heteroatoms. The van der Waals surface area contributed by atoms with Crippen LogP contribution in [0.3, 0.4) is 0 Å². The van der Waals surface area contributed by atoms with Gasteiger partial charge in [0.05, 0.1) is 6.42 Å². The standard InChI is InChI=1S/C12H11O6/c1-7(13)17-10-4-3-9(6-12(15)16)5-11(10)18-8(2)14/h3-6H,1-2H3,(H,15,16). The molecule has 1 N–H and O–H groups in total. The second kappa shape index (κ2) is 5.81. The molecule has 0 aromatic heterocycles. The van der Waals surface area contributed by atoms with Crippen LogP contribution in [-0.4, -0.2) is 23.0 Å². The van der Waals surface area contributed by atoms with E-state index < -0.39 is 17.9 Å². The number of ether oxygens (including phenoxy) is 2. The van der Waals surface area contributed by atoms with Crippen LogP contribution in [0, 0.1) is 6.42 Å². The first kappa shape index (κ1) is 13.7. The van der Waals surface area contributed by atoms with Crippen molar-refractivity contribution in [2.45, 2.75) is 13.8 Å². The SMILES string of the molecule is CC(=O)Oc1ccc([CH]C(=O)O)cc1OC(C)=O. The lowest BCUT2D eigenvalue weighted by Gasteiger charge is -2.09. The van der Waals surface area contributed by atoms with Crippen molar-refractivity contribution in [3.63, 3.8) is 0 Å². The lowest BCUT2D eigenvalue weighted by molar-refractivity contribution is -0.134. The number of esters is 2. The van der Waals surface area contributed by atoms with Crippen molar-refractivity contribution >= 4 is 17.9 Å². The van der Waals surface area contributed by atoms with Crippen LogP contribution in [0.4, 0.5) is 0 Å². The van der Waals surface area contributed by atoms with Crippen LogP contribution in [0.5, 0.6) is 11.5 Å². The summed E-state index contributed by atoms with van der Waals surface area (Å²) in [7, 11) is 0. The number of rotatable bonds is 4. The van der Waals surface area contributed by atoms with Crippen LogP contribution >= 0.6 is 0 Å². The number of carboxylic acids is 1. The molecular weight excluding hydrogens is 240 g/mol. The first-order valence-corrected chi connectivity index (χ1v) is 4.97. The lowest BCUT2D eigenvalue weighted by atomic mass is 10.1. The Morgan fingerprint density at radius 2 is 1.61 bits per heavy atom. The smallest absolute Gasteiger partial charge is 0.312 e. The number of carboxylic acid groups (broad SMARTS) is 1. The number of aliphatic carboxylic acids is 1. The molecule has 1 aromatic carbocycles. The summed E-state index contributed by atoms with van der Waals surface area (Å²) < 4.78 is 9.67. The molecule has 0 heterocycles. The summed E-state index contributed by atoms with van der Waals surface area (Å²) in [5, 5.41) is 8.61. The van der Waals surface area contributed by atoms with E-state index in [9.17, 15) is 14.4 Å². The zero-order valence-electron chi connectivity index (χ0n) is 9.80. The topological polar surface area (TPSA) is 89.9 Å². The van der Waals surface area contributed by atoms with Crippen LogP contribution in [0.25, 0.3) is 0 Å². The Bertz CT molecular complexity index is 491. The molecule has 1 aromatic rings. The van der Waals surface area contributed by atoms with E-state index in [1.54, 1.807) is 0 Å². The first-order chi connectivity index (χ1) is 8.38. The molecule has 0 spiro atoms. The van der Waals surface area contributed by atoms with E-state index >= 15 is 0 Å². The molecule has 95 valence electrons. The van der Waals surface area contributed by atoms with Gasteiger partial charge >= 0.3 is 17.9 Å². The minimum Gasteiger partial charge on any atom is -0.481 e. The van der Waals surface area contributed by atoms with Gasteiger partial charge in [-0.3, -0.25) is 14.4 Å². The summed E-state index contributed by atoms with van der Waals surface area (Å²) in [6.45, 7) is 2.39. The molecule has 0 bridgehead atoms. The number of carbonyl (C=O) groups excluding carboxylic acids is 2. The molecule has 0 atom stereocenters. The van der Waals surface area contributed by atoms with Gasteiger partial charge in [-0.1, -0.05) is 6.07 Å². The van der Waals surface area contributed by atoms with Crippen LogP contribution < -0.4 is 9.47 Å². The third kappa shape index (κ3) is 4.25. The molecule has 0 aliphatic carbocycles. The van der Waals surface area contributed by atoms with Crippen LogP contribution in [0.1, 0.15) is 19.4 Å². The van der Waals surface area contributed by atoms with Crippen molar-refractivity contribution in [3.8, 4) is 11.5 Å². The molecule has 1 radical (unpaired) electrons. The fraction of sp³-hybridized carbons (Fsp3) is 0.167. The van der Waals surface area contributed by atoms with Gasteiger partial charge in [0.25, 0.3) is 0 Å². The largest absolute Gasteiger partial charge is 0.481 e. The van der Waals surface area contributed by atoms with Gasteiger partial charge < -0.3 is 14.6 Å². The van der Waals surface area contributed by atoms with Crippen LogP contribution in [0.15, 0.2) is 18.2 Å². The minimum absolute atomic E-state index is 0.00676. The fourth-order valence-electron chi connectivity index (χ4n) is 1.23. The molecule has 1 rings (SSSR count).